The van der Waals surface area contributed by atoms with Gasteiger partial charge in [-0.1, -0.05) is 39.1 Å². The normalized spacial score (nSPS) is 11.0. The number of halogens is 3. The fourth-order valence-corrected chi connectivity index (χ4v) is 2.77. The minimum absolute atomic E-state index is 0.0319. The van der Waals surface area contributed by atoms with E-state index in [1.165, 1.54) is 12.1 Å². The summed E-state index contributed by atoms with van der Waals surface area (Å²) in [5.74, 6) is -0.806. The summed E-state index contributed by atoms with van der Waals surface area (Å²) in [5, 5.41) is 0.561. The predicted octanol–water partition coefficient (Wildman–Crippen LogP) is 4.01. The lowest BCUT2D eigenvalue weighted by Gasteiger charge is -2.06. The maximum Gasteiger partial charge on any atom is 0.427 e. The van der Waals surface area contributed by atoms with Gasteiger partial charge in [-0.15, -0.1) is 0 Å². The van der Waals surface area contributed by atoms with Crippen LogP contribution in [0.4, 0.5) is 0 Å². The van der Waals surface area contributed by atoms with E-state index in [1.54, 1.807) is 24.3 Å². The molecule has 0 aliphatic carbocycles. The number of fused-ring (bicyclic) bond motifs is 1. The molecule has 7 heteroatoms. The zero-order chi connectivity index (χ0) is 15.1. The van der Waals surface area contributed by atoms with Crippen LogP contribution >= 0.6 is 39.1 Å². The smallest absolute Gasteiger partial charge is 0.407 e. The summed E-state index contributed by atoms with van der Waals surface area (Å²) in [6.45, 7) is 0. The number of benzene rings is 2. The average molecular weight is 387 g/mol. The molecule has 0 aliphatic heterocycles. The third-order valence-corrected chi connectivity index (χ3v) is 3.93. The fraction of sp³-hybridized carbons (Fsp3) is 0. The average Bonchev–Trinajstić information content (AvgIpc) is 2.42. The Morgan fingerprint density at radius 2 is 1.71 bits per heavy atom. The SMILES string of the molecule is O=c1oc2c(Cl)cc(Cl)cc2c(=O)n1-c1ccc(Br)cc1. The monoisotopic (exact) mass is 385 g/mol. The summed E-state index contributed by atoms with van der Waals surface area (Å²) < 4.78 is 6.91. The molecule has 0 radical (unpaired) electrons. The zero-order valence-electron chi connectivity index (χ0n) is 10.3. The Kier molecular flexibility index (Phi) is 3.65. The molecule has 0 spiro atoms. The molecular weight excluding hydrogens is 381 g/mol. The van der Waals surface area contributed by atoms with Crippen molar-refractivity contribution in [1.82, 2.24) is 4.57 Å². The van der Waals surface area contributed by atoms with Crippen LogP contribution in [-0.2, 0) is 0 Å². The lowest BCUT2D eigenvalue weighted by atomic mass is 10.2. The first-order valence-corrected chi connectivity index (χ1v) is 7.33. The van der Waals surface area contributed by atoms with Gasteiger partial charge in [0.25, 0.3) is 5.56 Å². The van der Waals surface area contributed by atoms with Gasteiger partial charge in [-0.25, -0.2) is 9.36 Å². The maximum atomic E-state index is 12.5. The third kappa shape index (κ3) is 2.52. The third-order valence-electron chi connectivity index (χ3n) is 2.90. The quantitative estimate of drug-likeness (QED) is 0.634. The highest BCUT2D eigenvalue weighted by molar-refractivity contribution is 9.10. The molecule has 1 aromatic heterocycles. The first-order valence-electron chi connectivity index (χ1n) is 5.78. The first-order chi connectivity index (χ1) is 9.97. The topological polar surface area (TPSA) is 52.2 Å². The molecular formula is C14H6BrCl2NO3. The molecule has 4 nitrogen and oxygen atoms in total. The Bertz CT molecular complexity index is 961. The van der Waals surface area contributed by atoms with E-state index in [0.29, 0.717) is 10.7 Å². The van der Waals surface area contributed by atoms with Crippen LogP contribution in [0.2, 0.25) is 10.0 Å². The maximum absolute atomic E-state index is 12.5. The molecule has 0 N–H and O–H groups in total. The molecule has 0 fully saturated rings. The van der Waals surface area contributed by atoms with Gasteiger partial charge in [0, 0.05) is 9.50 Å². The van der Waals surface area contributed by atoms with E-state index in [-0.39, 0.29) is 16.0 Å². The Morgan fingerprint density at radius 3 is 2.38 bits per heavy atom. The van der Waals surface area contributed by atoms with Crippen LogP contribution in [0, 0.1) is 0 Å². The molecule has 1 heterocycles. The van der Waals surface area contributed by atoms with Gasteiger partial charge in [0.2, 0.25) is 0 Å². The largest absolute Gasteiger partial charge is 0.427 e. The lowest BCUT2D eigenvalue weighted by molar-refractivity contribution is 0.504. The van der Waals surface area contributed by atoms with E-state index in [4.69, 9.17) is 27.6 Å². The van der Waals surface area contributed by atoms with Gasteiger partial charge in [0.1, 0.15) is 0 Å². The predicted molar refractivity (Wildman–Crippen MR) is 85.8 cm³/mol. The Morgan fingerprint density at radius 1 is 1.05 bits per heavy atom. The second-order valence-electron chi connectivity index (χ2n) is 4.25. The standard InChI is InChI=1S/C14H6BrCl2NO3/c15-7-1-3-9(4-2-7)18-13(19)10-5-8(16)6-11(17)12(10)21-14(18)20/h1-6H. The van der Waals surface area contributed by atoms with Crippen LogP contribution in [0.3, 0.4) is 0 Å². The molecule has 0 amide bonds. The van der Waals surface area contributed by atoms with Crippen molar-refractivity contribution in [3.63, 3.8) is 0 Å². The molecule has 0 bridgehead atoms. The lowest BCUT2D eigenvalue weighted by Crippen LogP contribution is -2.30. The number of rotatable bonds is 1. The molecule has 0 saturated heterocycles. The minimum Gasteiger partial charge on any atom is -0.407 e. The summed E-state index contributed by atoms with van der Waals surface area (Å²) in [7, 11) is 0. The van der Waals surface area contributed by atoms with Crippen molar-refractivity contribution in [1.29, 1.82) is 0 Å². The number of hydrogen-bond acceptors (Lipinski definition) is 3. The highest BCUT2D eigenvalue weighted by atomic mass is 79.9. The Hall–Kier alpha value is -1.56. The molecule has 3 rings (SSSR count). The van der Waals surface area contributed by atoms with Gasteiger partial charge in [-0.3, -0.25) is 4.79 Å². The van der Waals surface area contributed by atoms with E-state index in [1.807, 2.05) is 0 Å². The van der Waals surface area contributed by atoms with Crippen molar-refractivity contribution in [3.05, 3.63) is 71.8 Å². The van der Waals surface area contributed by atoms with Crippen molar-refractivity contribution in [2.75, 3.05) is 0 Å². The van der Waals surface area contributed by atoms with Crippen LogP contribution in [0.1, 0.15) is 0 Å². The Labute approximate surface area is 136 Å². The molecule has 21 heavy (non-hydrogen) atoms. The van der Waals surface area contributed by atoms with Gasteiger partial charge in [0.15, 0.2) is 5.58 Å². The van der Waals surface area contributed by atoms with Crippen LogP contribution < -0.4 is 11.3 Å². The van der Waals surface area contributed by atoms with Gasteiger partial charge < -0.3 is 4.42 Å². The van der Waals surface area contributed by atoms with E-state index >= 15 is 0 Å². The van der Waals surface area contributed by atoms with Crippen LogP contribution in [0.15, 0.2) is 54.9 Å². The van der Waals surface area contributed by atoms with Gasteiger partial charge >= 0.3 is 5.76 Å². The van der Waals surface area contributed by atoms with Gasteiger partial charge in [-0.05, 0) is 36.4 Å². The van der Waals surface area contributed by atoms with Crippen LogP contribution in [0.25, 0.3) is 16.7 Å². The summed E-state index contributed by atoms with van der Waals surface area (Å²) in [6, 6.07) is 9.52. The van der Waals surface area contributed by atoms with Crippen molar-refractivity contribution >= 4 is 50.1 Å². The van der Waals surface area contributed by atoms with Gasteiger partial charge in [0.05, 0.1) is 16.1 Å². The van der Waals surface area contributed by atoms with E-state index < -0.39 is 11.3 Å². The van der Waals surface area contributed by atoms with Crippen LogP contribution in [0.5, 0.6) is 0 Å². The highest BCUT2D eigenvalue weighted by Gasteiger charge is 2.14. The summed E-state index contributed by atoms with van der Waals surface area (Å²) in [4.78, 5) is 24.6. The second kappa shape index (κ2) is 5.33. The summed E-state index contributed by atoms with van der Waals surface area (Å²) >= 11 is 15.1. The fourth-order valence-electron chi connectivity index (χ4n) is 1.97. The summed E-state index contributed by atoms with van der Waals surface area (Å²) in [6.07, 6.45) is 0. The molecule has 0 saturated carbocycles. The van der Waals surface area contributed by atoms with Gasteiger partial charge in [-0.2, -0.15) is 0 Å². The molecule has 0 aliphatic rings. The molecule has 106 valence electrons. The number of hydrogen-bond donors (Lipinski definition) is 0. The summed E-state index contributed by atoms with van der Waals surface area (Å²) in [5.41, 5.74) is -0.104. The van der Waals surface area contributed by atoms with E-state index in [9.17, 15) is 9.59 Å². The van der Waals surface area contributed by atoms with Crippen molar-refractivity contribution < 1.29 is 4.42 Å². The molecule has 3 aromatic rings. The zero-order valence-corrected chi connectivity index (χ0v) is 13.4. The first kappa shape index (κ1) is 14.4. The van der Waals surface area contributed by atoms with Crippen LogP contribution in [-0.4, -0.2) is 4.57 Å². The molecule has 2 aromatic carbocycles. The number of nitrogens with zero attached hydrogens (tertiary/aromatic N) is 1. The second-order valence-corrected chi connectivity index (χ2v) is 6.01. The van der Waals surface area contributed by atoms with E-state index in [2.05, 4.69) is 15.9 Å². The van der Waals surface area contributed by atoms with E-state index in [0.717, 1.165) is 9.04 Å². The number of aromatic nitrogens is 1. The van der Waals surface area contributed by atoms with Crippen molar-refractivity contribution in [2.24, 2.45) is 0 Å². The Balaban J connectivity index is 2.42. The molecule has 0 atom stereocenters. The molecule has 0 unspecified atom stereocenters. The van der Waals surface area contributed by atoms with Crippen molar-refractivity contribution in [3.8, 4) is 5.69 Å². The highest BCUT2D eigenvalue weighted by Crippen LogP contribution is 2.25. The van der Waals surface area contributed by atoms with Crippen molar-refractivity contribution in [2.45, 2.75) is 0 Å². The minimum atomic E-state index is -0.806.